The molecule has 3 heterocycles. The van der Waals surface area contributed by atoms with Crippen LogP contribution in [0.1, 0.15) is 49.8 Å². The topological polar surface area (TPSA) is 57.7 Å². The molecular formula is C17H25N5. The van der Waals surface area contributed by atoms with E-state index in [1.54, 1.807) is 0 Å². The molecule has 0 aliphatic carbocycles. The molecule has 5 heteroatoms. The third-order valence-corrected chi connectivity index (χ3v) is 4.43. The molecule has 1 fully saturated rings. The molecule has 0 unspecified atom stereocenters. The lowest BCUT2D eigenvalue weighted by Crippen LogP contribution is -2.39. The van der Waals surface area contributed by atoms with Gasteiger partial charge in [-0.3, -0.25) is 5.10 Å². The molecule has 1 saturated heterocycles. The average molecular weight is 299 g/mol. The Morgan fingerprint density at radius 2 is 2.00 bits per heavy atom. The fourth-order valence-corrected chi connectivity index (χ4v) is 3.20. The van der Waals surface area contributed by atoms with Crippen LogP contribution in [0.5, 0.6) is 0 Å². The molecule has 2 aromatic rings. The summed E-state index contributed by atoms with van der Waals surface area (Å²) in [6.07, 6.45) is 2.45. The first kappa shape index (κ1) is 15.2. The van der Waals surface area contributed by atoms with Gasteiger partial charge in [0.15, 0.2) is 0 Å². The number of nitrogens with zero attached hydrogens (tertiary/aromatic N) is 4. The smallest absolute Gasteiger partial charge is 0.126 e. The second-order valence-corrected chi connectivity index (χ2v) is 6.59. The van der Waals surface area contributed by atoms with E-state index in [2.05, 4.69) is 40.0 Å². The highest BCUT2D eigenvalue weighted by atomic mass is 15.2. The van der Waals surface area contributed by atoms with Crippen LogP contribution in [0.2, 0.25) is 0 Å². The van der Waals surface area contributed by atoms with Gasteiger partial charge in [-0.05, 0) is 59.2 Å². The van der Waals surface area contributed by atoms with E-state index in [1.807, 2.05) is 19.9 Å². The minimum atomic E-state index is 0.497. The molecular weight excluding hydrogens is 274 g/mol. The number of H-pyrrole nitrogens is 1. The number of aromatic nitrogens is 4. The minimum absolute atomic E-state index is 0.497. The van der Waals surface area contributed by atoms with E-state index >= 15 is 0 Å². The Balaban J connectivity index is 1.89. The molecule has 1 N–H and O–H groups in total. The number of aryl methyl sites for hydroxylation is 2. The first-order chi connectivity index (χ1) is 10.5. The summed E-state index contributed by atoms with van der Waals surface area (Å²) in [5.41, 5.74) is 4.04. The van der Waals surface area contributed by atoms with Crippen molar-refractivity contribution in [2.45, 2.75) is 52.5 Å². The molecule has 22 heavy (non-hydrogen) atoms. The van der Waals surface area contributed by atoms with Crippen molar-refractivity contribution in [3.63, 3.8) is 0 Å². The fraction of sp³-hybridized carbons (Fsp3) is 0.588. The Morgan fingerprint density at radius 3 is 2.68 bits per heavy atom. The minimum Gasteiger partial charge on any atom is -0.300 e. The van der Waals surface area contributed by atoms with Crippen LogP contribution in [-0.4, -0.2) is 44.2 Å². The number of rotatable bonds is 3. The Labute approximate surface area is 132 Å². The van der Waals surface area contributed by atoms with Crippen molar-refractivity contribution in [3.8, 4) is 11.4 Å². The van der Waals surface area contributed by atoms with Crippen LogP contribution in [0, 0.1) is 13.8 Å². The van der Waals surface area contributed by atoms with Crippen LogP contribution in [0.25, 0.3) is 11.4 Å². The van der Waals surface area contributed by atoms with Crippen LogP contribution in [0.15, 0.2) is 12.1 Å². The third kappa shape index (κ3) is 3.19. The van der Waals surface area contributed by atoms with E-state index in [1.165, 1.54) is 19.4 Å². The van der Waals surface area contributed by atoms with Gasteiger partial charge in [-0.15, -0.1) is 0 Å². The van der Waals surface area contributed by atoms with Gasteiger partial charge in [0, 0.05) is 29.9 Å². The van der Waals surface area contributed by atoms with Crippen LogP contribution in [0.4, 0.5) is 0 Å². The second kappa shape index (κ2) is 6.16. The Kier molecular flexibility index (Phi) is 4.25. The molecule has 5 nitrogen and oxygen atoms in total. The fourth-order valence-electron chi connectivity index (χ4n) is 3.20. The first-order valence-corrected chi connectivity index (χ1v) is 8.15. The summed E-state index contributed by atoms with van der Waals surface area (Å²) in [5, 5.41) is 7.32. The van der Waals surface area contributed by atoms with Gasteiger partial charge in [-0.25, -0.2) is 9.97 Å². The lowest BCUT2D eigenvalue weighted by atomic mass is 9.93. The number of hydrogen-bond acceptors (Lipinski definition) is 4. The number of piperidine rings is 1. The first-order valence-electron chi connectivity index (χ1n) is 8.15. The van der Waals surface area contributed by atoms with Crippen molar-refractivity contribution in [2.75, 3.05) is 13.1 Å². The zero-order chi connectivity index (χ0) is 15.7. The van der Waals surface area contributed by atoms with Crippen LogP contribution in [-0.2, 0) is 0 Å². The lowest BCUT2D eigenvalue weighted by molar-refractivity contribution is 0.166. The molecule has 0 bridgehead atoms. The predicted molar refractivity (Wildman–Crippen MR) is 87.8 cm³/mol. The summed E-state index contributed by atoms with van der Waals surface area (Å²) in [6.45, 7) is 10.8. The standard InChI is InChI=1S/C17H25N5/c1-11(2)22-7-5-6-14(10-22)15-9-16(19-13(4)18-15)17-8-12(3)20-21-17/h8-9,11,14H,5-7,10H2,1-4H3,(H,20,21)/t14-/m0/s1. The molecule has 0 saturated carbocycles. The van der Waals surface area contributed by atoms with Gasteiger partial charge in [0.2, 0.25) is 0 Å². The van der Waals surface area contributed by atoms with Gasteiger partial charge in [0.1, 0.15) is 11.5 Å². The second-order valence-electron chi connectivity index (χ2n) is 6.59. The molecule has 0 aromatic carbocycles. The molecule has 2 aromatic heterocycles. The maximum atomic E-state index is 4.71. The van der Waals surface area contributed by atoms with E-state index in [9.17, 15) is 0 Å². The normalized spacial score (nSPS) is 19.8. The van der Waals surface area contributed by atoms with E-state index in [4.69, 9.17) is 4.98 Å². The summed E-state index contributed by atoms with van der Waals surface area (Å²) in [5.74, 6) is 1.33. The van der Waals surface area contributed by atoms with Gasteiger partial charge < -0.3 is 4.90 Å². The van der Waals surface area contributed by atoms with Gasteiger partial charge >= 0.3 is 0 Å². The Hall–Kier alpha value is -1.75. The van der Waals surface area contributed by atoms with Crippen molar-refractivity contribution in [1.29, 1.82) is 0 Å². The SMILES string of the molecule is Cc1nc(-c2cc(C)[nH]n2)cc([C@H]2CCCN(C(C)C)C2)n1. The van der Waals surface area contributed by atoms with Crippen LogP contribution in [0.3, 0.4) is 0 Å². The highest BCUT2D eigenvalue weighted by molar-refractivity contribution is 5.54. The summed E-state index contributed by atoms with van der Waals surface area (Å²) < 4.78 is 0. The van der Waals surface area contributed by atoms with E-state index in [0.717, 1.165) is 35.1 Å². The quantitative estimate of drug-likeness (QED) is 0.946. The zero-order valence-electron chi connectivity index (χ0n) is 13.9. The monoisotopic (exact) mass is 299 g/mol. The largest absolute Gasteiger partial charge is 0.300 e. The molecule has 118 valence electrons. The molecule has 1 aliphatic heterocycles. The maximum absolute atomic E-state index is 4.71. The van der Waals surface area contributed by atoms with Crippen LogP contribution >= 0.6 is 0 Å². The van der Waals surface area contributed by atoms with Gasteiger partial charge in [-0.1, -0.05) is 0 Å². The van der Waals surface area contributed by atoms with E-state index in [-0.39, 0.29) is 0 Å². The molecule has 0 amide bonds. The summed E-state index contributed by atoms with van der Waals surface area (Å²) in [6, 6.07) is 4.75. The van der Waals surface area contributed by atoms with Crippen molar-refractivity contribution < 1.29 is 0 Å². The predicted octanol–water partition coefficient (Wildman–Crippen LogP) is 3.07. The summed E-state index contributed by atoms with van der Waals surface area (Å²) in [4.78, 5) is 11.8. The lowest BCUT2D eigenvalue weighted by Gasteiger charge is -2.35. The maximum Gasteiger partial charge on any atom is 0.126 e. The summed E-state index contributed by atoms with van der Waals surface area (Å²) >= 11 is 0. The van der Waals surface area contributed by atoms with Crippen molar-refractivity contribution >= 4 is 0 Å². The van der Waals surface area contributed by atoms with Gasteiger partial charge in [-0.2, -0.15) is 5.10 Å². The molecule has 3 rings (SSSR count). The van der Waals surface area contributed by atoms with Gasteiger partial charge in [0.25, 0.3) is 0 Å². The molecule has 1 atom stereocenters. The zero-order valence-corrected chi connectivity index (χ0v) is 13.9. The van der Waals surface area contributed by atoms with E-state index in [0.29, 0.717) is 12.0 Å². The number of aromatic amines is 1. The van der Waals surface area contributed by atoms with Crippen molar-refractivity contribution in [1.82, 2.24) is 25.1 Å². The van der Waals surface area contributed by atoms with E-state index < -0.39 is 0 Å². The van der Waals surface area contributed by atoms with Gasteiger partial charge in [0.05, 0.1) is 5.69 Å². The molecule has 1 aliphatic rings. The molecule has 0 radical (unpaired) electrons. The van der Waals surface area contributed by atoms with Crippen molar-refractivity contribution in [3.05, 3.63) is 29.3 Å². The van der Waals surface area contributed by atoms with Crippen LogP contribution < -0.4 is 0 Å². The number of nitrogens with one attached hydrogen (secondary N) is 1. The Morgan fingerprint density at radius 1 is 1.18 bits per heavy atom. The number of hydrogen-bond donors (Lipinski definition) is 1. The third-order valence-electron chi connectivity index (χ3n) is 4.43. The molecule has 0 spiro atoms. The number of likely N-dealkylation sites (tertiary alicyclic amines) is 1. The highest BCUT2D eigenvalue weighted by Gasteiger charge is 2.24. The summed E-state index contributed by atoms with van der Waals surface area (Å²) in [7, 11) is 0. The average Bonchev–Trinajstić information content (AvgIpc) is 2.93. The Bertz CT molecular complexity index is 646. The van der Waals surface area contributed by atoms with Crippen molar-refractivity contribution in [2.24, 2.45) is 0 Å². The highest BCUT2D eigenvalue weighted by Crippen LogP contribution is 2.28.